The van der Waals surface area contributed by atoms with Crippen LogP contribution < -0.4 is 4.72 Å². The average molecular weight is 455 g/mol. The van der Waals surface area contributed by atoms with Gasteiger partial charge in [0.15, 0.2) is 0 Å². The molecule has 2 aromatic rings. The van der Waals surface area contributed by atoms with E-state index in [1.165, 1.54) is 17.0 Å². The lowest BCUT2D eigenvalue weighted by Gasteiger charge is -2.49. The van der Waals surface area contributed by atoms with Crippen molar-refractivity contribution in [2.24, 2.45) is 0 Å². The van der Waals surface area contributed by atoms with Crippen LogP contribution in [0.15, 0.2) is 47.4 Å². The van der Waals surface area contributed by atoms with Gasteiger partial charge in [-0.25, -0.2) is 13.1 Å². The van der Waals surface area contributed by atoms with Gasteiger partial charge in [-0.1, -0.05) is 41.4 Å². The van der Waals surface area contributed by atoms with Crippen molar-refractivity contribution in [3.8, 4) is 0 Å². The maximum atomic E-state index is 12.8. The number of sulfonamides is 1. The Morgan fingerprint density at radius 3 is 2.48 bits per heavy atom. The van der Waals surface area contributed by atoms with Crippen molar-refractivity contribution in [2.45, 2.75) is 37.1 Å². The van der Waals surface area contributed by atoms with E-state index in [4.69, 9.17) is 23.2 Å². The summed E-state index contributed by atoms with van der Waals surface area (Å²) in [5, 5.41) is 0.820. The van der Waals surface area contributed by atoms with Crippen molar-refractivity contribution in [1.82, 2.24) is 9.62 Å². The van der Waals surface area contributed by atoms with Crippen LogP contribution in [0.5, 0.6) is 0 Å². The third-order valence-corrected chi connectivity index (χ3v) is 7.01. The molecule has 1 aliphatic heterocycles. The van der Waals surface area contributed by atoms with Crippen LogP contribution in [0.25, 0.3) is 0 Å². The Kier molecular flexibility index (Phi) is 5.94. The fraction of sp³-hybridized carbons (Fsp3) is 0.300. The number of nitrogens with zero attached hydrogens (tertiary/aromatic N) is 1. The summed E-state index contributed by atoms with van der Waals surface area (Å²) in [7, 11) is -4.03. The van der Waals surface area contributed by atoms with Crippen molar-refractivity contribution < 1.29 is 18.0 Å². The molecule has 0 aliphatic carbocycles. The summed E-state index contributed by atoms with van der Waals surface area (Å²) < 4.78 is 27.2. The van der Waals surface area contributed by atoms with E-state index < -0.39 is 21.5 Å². The Hall–Kier alpha value is -2.09. The molecule has 3 rings (SSSR count). The Balaban J connectivity index is 1.74. The van der Waals surface area contributed by atoms with Gasteiger partial charge >= 0.3 is 0 Å². The molecule has 0 spiro atoms. The van der Waals surface area contributed by atoms with Gasteiger partial charge in [-0.3, -0.25) is 9.59 Å². The molecular formula is C20H20Cl2N2O4S. The fourth-order valence-corrected chi connectivity index (χ4v) is 4.85. The van der Waals surface area contributed by atoms with Crippen LogP contribution in [0.3, 0.4) is 0 Å². The standard InChI is InChI=1S/C20H20Cl2N2O4S/c1-13-4-3-5-16(10-13)29(27,28)23-19(26)20(2)8-9-24(20)18(25)11-14-6-7-15(21)12-17(14)22/h3-7,10,12H,8-9,11H2,1-2H3,(H,23,26). The molecule has 1 aliphatic rings. The molecule has 1 atom stereocenters. The summed E-state index contributed by atoms with van der Waals surface area (Å²) in [5.41, 5.74) is 0.0994. The zero-order valence-corrected chi connectivity index (χ0v) is 18.2. The molecule has 1 saturated heterocycles. The van der Waals surface area contributed by atoms with Crippen LogP contribution in [-0.2, 0) is 26.0 Å². The molecule has 2 amide bonds. The molecular weight excluding hydrogens is 435 g/mol. The molecule has 2 aromatic carbocycles. The van der Waals surface area contributed by atoms with Crippen molar-refractivity contribution >= 4 is 45.0 Å². The Labute approximate surface area is 179 Å². The lowest BCUT2D eigenvalue weighted by molar-refractivity contribution is -0.156. The van der Waals surface area contributed by atoms with Gasteiger partial charge in [0.1, 0.15) is 5.54 Å². The van der Waals surface area contributed by atoms with Crippen LogP contribution in [0.2, 0.25) is 10.0 Å². The normalized spacial score (nSPS) is 18.8. The van der Waals surface area contributed by atoms with E-state index in [2.05, 4.69) is 4.72 Å². The minimum absolute atomic E-state index is 0.000374. The predicted octanol–water partition coefficient (Wildman–Crippen LogP) is 3.34. The number of likely N-dealkylation sites (tertiary alicyclic amines) is 1. The van der Waals surface area contributed by atoms with E-state index in [0.29, 0.717) is 28.6 Å². The number of rotatable bonds is 5. The van der Waals surface area contributed by atoms with Crippen molar-refractivity contribution in [1.29, 1.82) is 0 Å². The van der Waals surface area contributed by atoms with E-state index in [1.807, 2.05) is 0 Å². The van der Waals surface area contributed by atoms with Crippen LogP contribution >= 0.6 is 23.2 Å². The molecule has 1 fully saturated rings. The maximum Gasteiger partial charge on any atom is 0.264 e. The number of carbonyl (C=O) groups is 2. The minimum Gasteiger partial charge on any atom is -0.328 e. The monoisotopic (exact) mass is 454 g/mol. The van der Waals surface area contributed by atoms with Gasteiger partial charge in [-0.2, -0.15) is 0 Å². The molecule has 0 saturated carbocycles. The van der Waals surface area contributed by atoms with Gasteiger partial charge in [0.05, 0.1) is 11.3 Å². The SMILES string of the molecule is Cc1cccc(S(=O)(=O)NC(=O)C2(C)CCN2C(=O)Cc2ccc(Cl)cc2Cl)c1. The highest BCUT2D eigenvalue weighted by molar-refractivity contribution is 7.90. The molecule has 0 radical (unpaired) electrons. The largest absolute Gasteiger partial charge is 0.328 e. The number of hydrogen-bond acceptors (Lipinski definition) is 4. The first-order chi connectivity index (χ1) is 13.5. The van der Waals surface area contributed by atoms with Crippen LogP contribution in [0, 0.1) is 6.92 Å². The summed E-state index contributed by atoms with van der Waals surface area (Å²) >= 11 is 12.0. The summed E-state index contributed by atoms with van der Waals surface area (Å²) in [6.45, 7) is 3.67. The number of halogens is 2. The fourth-order valence-electron chi connectivity index (χ4n) is 3.19. The molecule has 1 unspecified atom stereocenters. The average Bonchev–Trinajstić information content (AvgIpc) is 2.62. The van der Waals surface area contributed by atoms with Gasteiger partial charge in [0.25, 0.3) is 15.9 Å². The van der Waals surface area contributed by atoms with Crippen LogP contribution in [0.1, 0.15) is 24.5 Å². The third kappa shape index (κ3) is 4.42. The van der Waals surface area contributed by atoms with Gasteiger partial charge in [-0.15, -0.1) is 0 Å². The van der Waals surface area contributed by atoms with E-state index in [0.717, 1.165) is 5.56 Å². The molecule has 29 heavy (non-hydrogen) atoms. The third-order valence-electron chi connectivity index (χ3n) is 5.09. The minimum atomic E-state index is -4.03. The molecule has 1 heterocycles. The number of nitrogens with one attached hydrogen (secondary N) is 1. The summed E-state index contributed by atoms with van der Waals surface area (Å²) in [4.78, 5) is 26.9. The molecule has 0 bridgehead atoms. The highest BCUT2D eigenvalue weighted by Gasteiger charge is 2.50. The number of aryl methyl sites for hydroxylation is 1. The highest BCUT2D eigenvalue weighted by Crippen LogP contribution is 2.32. The second-order valence-corrected chi connectivity index (χ2v) is 9.76. The van der Waals surface area contributed by atoms with E-state index in [-0.39, 0.29) is 17.2 Å². The van der Waals surface area contributed by atoms with Crippen molar-refractivity contribution in [3.63, 3.8) is 0 Å². The van der Waals surface area contributed by atoms with Gasteiger partial charge in [0.2, 0.25) is 5.91 Å². The van der Waals surface area contributed by atoms with Gasteiger partial charge in [-0.05, 0) is 55.7 Å². The molecule has 0 aromatic heterocycles. The number of hydrogen-bond donors (Lipinski definition) is 1. The summed E-state index contributed by atoms with van der Waals surface area (Å²) in [6.07, 6.45) is 0.353. The first kappa shape index (κ1) is 21.6. The lowest BCUT2D eigenvalue weighted by Crippen LogP contribution is -2.68. The predicted molar refractivity (Wildman–Crippen MR) is 111 cm³/mol. The number of benzene rings is 2. The quantitative estimate of drug-likeness (QED) is 0.750. The second-order valence-electron chi connectivity index (χ2n) is 7.23. The Morgan fingerprint density at radius 2 is 1.90 bits per heavy atom. The lowest BCUT2D eigenvalue weighted by atomic mass is 9.85. The van der Waals surface area contributed by atoms with E-state index in [9.17, 15) is 18.0 Å². The summed E-state index contributed by atoms with van der Waals surface area (Å²) in [5.74, 6) is -1.05. The van der Waals surface area contributed by atoms with Crippen molar-refractivity contribution in [2.75, 3.05) is 6.54 Å². The van der Waals surface area contributed by atoms with Crippen LogP contribution in [-0.4, -0.2) is 37.2 Å². The first-order valence-corrected chi connectivity index (χ1v) is 11.2. The second kappa shape index (κ2) is 7.97. The first-order valence-electron chi connectivity index (χ1n) is 8.91. The molecule has 154 valence electrons. The zero-order chi connectivity index (χ0) is 21.4. The van der Waals surface area contributed by atoms with Gasteiger partial charge in [0, 0.05) is 16.6 Å². The van der Waals surface area contributed by atoms with E-state index >= 15 is 0 Å². The van der Waals surface area contributed by atoms with E-state index in [1.54, 1.807) is 44.2 Å². The summed E-state index contributed by atoms with van der Waals surface area (Å²) in [6, 6.07) is 11.1. The number of amides is 2. The molecule has 6 nitrogen and oxygen atoms in total. The smallest absolute Gasteiger partial charge is 0.264 e. The number of carbonyl (C=O) groups excluding carboxylic acids is 2. The molecule has 9 heteroatoms. The zero-order valence-electron chi connectivity index (χ0n) is 15.9. The topological polar surface area (TPSA) is 83.6 Å². The van der Waals surface area contributed by atoms with Crippen molar-refractivity contribution in [3.05, 3.63) is 63.6 Å². The van der Waals surface area contributed by atoms with Crippen LogP contribution in [0.4, 0.5) is 0 Å². The highest BCUT2D eigenvalue weighted by atomic mass is 35.5. The Bertz CT molecular complexity index is 1090. The van der Waals surface area contributed by atoms with Gasteiger partial charge < -0.3 is 4.90 Å². The molecule has 1 N–H and O–H groups in total. The Morgan fingerprint density at radius 1 is 1.17 bits per heavy atom. The maximum absolute atomic E-state index is 12.8.